The van der Waals surface area contributed by atoms with Gasteiger partial charge in [0.1, 0.15) is 18.8 Å². The van der Waals surface area contributed by atoms with Crippen molar-refractivity contribution in [2.75, 3.05) is 18.1 Å². The van der Waals surface area contributed by atoms with Crippen molar-refractivity contribution in [2.24, 2.45) is 0 Å². The van der Waals surface area contributed by atoms with Gasteiger partial charge in [0.15, 0.2) is 11.5 Å². The second kappa shape index (κ2) is 6.60. The van der Waals surface area contributed by atoms with Gasteiger partial charge in [0.2, 0.25) is 0 Å². The molecule has 0 aromatic heterocycles. The molecule has 0 unspecified atom stereocenters. The lowest BCUT2D eigenvalue weighted by Gasteiger charge is -2.27. The predicted molar refractivity (Wildman–Crippen MR) is 97.6 cm³/mol. The molecular weight excluding hydrogens is 348 g/mol. The number of fused-ring (bicyclic) bond motifs is 1. The molecule has 0 bridgehead atoms. The van der Waals surface area contributed by atoms with E-state index >= 15 is 0 Å². The number of urea groups is 1. The molecule has 7 heteroatoms. The highest BCUT2D eigenvalue weighted by atomic mass is 16.6. The Hall–Kier alpha value is -3.61. The van der Waals surface area contributed by atoms with E-state index in [1.807, 2.05) is 6.07 Å². The second-order valence-corrected chi connectivity index (χ2v) is 6.15. The van der Waals surface area contributed by atoms with Crippen molar-refractivity contribution in [3.63, 3.8) is 0 Å². The van der Waals surface area contributed by atoms with Gasteiger partial charge in [0.05, 0.1) is 5.69 Å². The number of aryl methyl sites for hydroxylation is 1. The number of carbonyl (C=O) groups excluding carboxylic acids is 3. The number of imide groups is 2. The van der Waals surface area contributed by atoms with Crippen molar-refractivity contribution in [3.8, 4) is 11.5 Å². The number of carbonyl (C=O) groups is 3. The molecule has 1 fully saturated rings. The van der Waals surface area contributed by atoms with Crippen LogP contribution in [-0.2, 0) is 9.59 Å². The van der Waals surface area contributed by atoms with Gasteiger partial charge in [-0.05, 0) is 42.3 Å². The Labute approximate surface area is 155 Å². The molecule has 0 spiro atoms. The van der Waals surface area contributed by atoms with E-state index in [1.54, 1.807) is 43.3 Å². The molecule has 7 nitrogen and oxygen atoms in total. The van der Waals surface area contributed by atoms with Crippen molar-refractivity contribution < 1.29 is 23.9 Å². The van der Waals surface area contributed by atoms with Gasteiger partial charge in [-0.25, -0.2) is 9.69 Å². The number of rotatable bonds is 2. The number of nitrogens with zero attached hydrogens (tertiary/aromatic N) is 1. The van der Waals surface area contributed by atoms with Crippen molar-refractivity contribution in [2.45, 2.75) is 6.92 Å². The van der Waals surface area contributed by atoms with Gasteiger partial charge in [-0.15, -0.1) is 0 Å². The first-order valence-corrected chi connectivity index (χ1v) is 8.41. The lowest BCUT2D eigenvalue weighted by molar-refractivity contribution is -0.122. The number of benzene rings is 2. The fourth-order valence-electron chi connectivity index (χ4n) is 3.01. The standard InChI is InChI=1S/C20H16N2O5/c1-12-4-2-3-5-15(12)22-19(24)14(18(23)21-20(22)25)10-13-6-7-16-17(11-13)27-9-8-26-16/h2-7,10-11H,8-9H2,1H3,(H,21,23,25)/b14-10+. The summed E-state index contributed by atoms with van der Waals surface area (Å²) in [5, 5.41) is 2.22. The number of hydrogen-bond donors (Lipinski definition) is 1. The quantitative estimate of drug-likeness (QED) is 0.653. The highest BCUT2D eigenvalue weighted by Crippen LogP contribution is 2.32. The minimum absolute atomic E-state index is 0.130. The summed E-state index contributed by atoms with van der Waals surface area (Å²) in [5.74, 6) is -0.247. The molecule has 0 saturated carbocycles. The Morgan fingerprint density at radius 3 is 2.52 bits per heavy atom. The first-order chi connectivity index (χ1) is 13.0. The molecule has 2 aliphatic rings. The van der Waals surface area contributed by atoms with Crippen molar-refractivity contribution >= 4 is 29.6 Å². The van der Waals surface area contributed by atoms with Gasteiger partial charge < -0.3 is 9.47 Å². The van der Waals surface area contributed by atoms with Crippen LogP contribution in [0.5, 0.6) is 11.5 Å². The molecule has 2 aliphatic heterocycles. The van der Waals surface area contributed by atoms with Crippen LogP contribution in [0.25, 0.3) is 6.08 Å². The van der Waals surface area contributed by atoms with Crippen molar-refractivity contribution in [1.29, 1.82) is 0 Å². The average molecular weight is 364 g/mol. The van der Waals surface area contributed by atoms with E-state index in [2.05, 4.69) is 5.32 Å². The molecule has 0 radical (unpaired) electrons. The summed E-state index contributed by atoms with van der Waals surface area (Å²) in [4.78, 5) is 38.4. The number of hydrogen-bond acceptors (Lipinski definition) is 5. The highest BCUT2D eigenvalue weighted by Gasteiger charge is 2.37. The van der Waals surface area contributed by atoms with Crippen LogP contribution in [0.15, 0.2) is 48.0 Å². The smallest absolute Gasteiger partial charge is 0.335 e. The third-order valence-electron chi connectivity index (χ3n) is 4.34. The molecule has 1 saturated heterocycles. The number of barbiturate groups is 1. The van der Waals surface area contributed by atoms with Crippen LogP contribution >= 0.6 is 0 Å². The maximum absolute atomic E-state index is 12.9. The van der Waals surface area contributed by atoms with Crippen LogP contribution in [0.1, 0.15) is 11.1 Å². The molecule has 27 heavy (non-hydrogen) atoms. The summed E-state index contributed by atoms with van der Waals surface area (Å²) in [6.07, 6.45) is 1.44. The van der Waals surface area contributed by atoms with E-state index in [4.69, 9.17) is 9.47 Å². The minimum atomic E-state index is -0.765. The number of anilines is 1. The van der Waals surface area contributed by atoms with E-state index in [0.717, 1.165) is 10.5 Å². The molecular formula is C20H16N2O5. The fraction of sp³-hybridized carbons (Fsp3) is 0.150. The Kier molecular flexibility index (Phi) is 4.12. The minimum Gasteiger partial charge on any atom is -0.486 e. The van der Waals surface area contributed by atoms with Gasteiger partial charge in [-0.3, -0.25) is 14.9 Å². The highest BCUT2D eigenvalue weighted by molar-refractivity contribution is 6.39. The fourth-order valence-corrected chi connectivity index (χ4v) is 3.01. The zero-order valence-corrected chi connectivity index (χ0v) is 14.5. The summed E-state index contributed by atoms with van der Waals surface area (Å²) in [5.41, 5.74) is 1.64. The van der Waals surface area contributed by atoms with Crippen LogP contribution in [0.2, 0.25) is 0 Å². The zero-order valence-electron chi connectivity index (χ0n) is 14.5. The lowest BCUT2D eigenvalue weighted by Crippen LogP contribution is -2.54. The second-order valence-electron chi connectivity index (χ2n) is 6.15. The average Bonchev–Trinajstić information content (AvgIpc) is 2.66. The molecule has 1 N–H and O–H groups in total. The summed E-state index contributed by atoms with van der Waals surface area (Å²) >= 11 is 0. The Morgan fingerprint density at radius 2 is 1.74 bits per heavy atom. The van der Waals surface area contributed by atoms with E-state index in [1.165, 1.54) is 6.08 Å². The maximum Gasteiger partial charge on any atom is 0.335 e. The number of amides is 4. The molecule has 136 valence electrons. The number of para-hydroxylation sites is 1. The van der Waals surface area contributed by atoms with Gasteiger partial charge in [0.25, 0.3) is 11.8 Å². The summed E-state index contributed by atoms with van der Waals surface area (Å²) in [6, 6.07) is 11.3. The number of ether oxygens (including phenoxy) is 2. The maximum atomic E-state index is 12.9. The van der Waals surface area contributed by atoms with Gasteiger partial charge in [0, 0.05) is 0 Å². The van der Waals surface area contributed by atoms with Crippen molar-refractivity contribution in [3.05, 3.63) is 59.2 Å². The molecule has 0 aliphatic carbocycles. The van der Waals surface area contributed by atoms with Crippen LogP contribution in [-0.4, -0.2) is 31.1 Å². The van der Waals surface area contributed by atoms with E-state index in [0.29, 0.717) is 36.0 Å². The molecule has 2 aromatic rings. The third-order valence-corrected chi connectivity index (χ3v) is 4.34. The summed E-state index contributed by atoms with van der Waals surface area (Å²) in [6.45, 7) is 2.69. The molecule has 2 aromatic carbocycles. The monoisotopic (exact) mass is 364 g/mol. The van der Waals surface area contributed by atoms with Gasteiger partial charge in [-0.2, -0.15) is 0 Å². The van der Waals surface area contributed by atoms with E-state index < -0.39 is 17.8 Å². The lowest BCUT2D eigenvalue weighted by atomic mass is 10.1. The topological polar surface area (TPSA) is 84.9 Å². The van der Waals surface area contributed by atoms with E-state index in [-0.39, 0.29) is 5.57 Å². The first-order valence-electron chi connectivity index (χ1n) is 8.41. The van der Waals surface area contributed by atoms with Crippen LogP contribution in [0.4, 0.5) is 10.5 Å². The summed E-state index contributed by atoms with van der Waals surface area (Å²) in [7, 11) is 0. The normalized spacial score (nSPS) is 17.9. The Balaban J connectivity index is 1.72. The van der Waals surface area contributed by atoms with E-state index in [9.17, 15) is 14.4 Å². The molecule has 4 amide bonds. The number of nitrogens with one attached hydrogen (secondary N) is 1. The van der Waals surface area contributed by atoms with Crippen LogP contribution < -0.4 is 19.7 Å². The Morgan fingerprint density at radius 1 is 1.00 bits per heavy atom. The Bertz CT molecular complexity index is 996. The zero-order chi connectivity index (χ0) is 19.0. The third kappa shape index (κ3) is 3.03. The van der Waals surface area contributed by atoms with Gasteiger partial charge >= 0.3 is 6.03 Å². The molecule has 4 rings (SSSR count). The summed E-state index contributed by atoms with van der Waals surface area (Å²) < 4.78 is 11.0. The largest absolute Gasteiger partial charge is 0.486 e. The molecule has 0 atom stereocenters. The molecule has 2 heterocycles. The van der Waals surface area contributed by atoms with Gasteiger partial charge in [-0.1, -0.05) is 24.3 Å². The SMILES string of the molecule is Cc1ccccc1N1C(=O)NC(=O)/C(=C\c2ccc3c(c2)OCCO3)C1=O. The van der Waals surface area contributed by atoms with Crippen molar-refractivity contribution in [1.82, 2.24) is 5.32 Å². The predicted octanol–water partition coefficient (Wildman–Crippen LogP) is 2.43. The first kappa shape index (κ1) is 16.8. The van der Waals surface area contributed by atoms with Crippen LogP contribution in [0, 0.1) is 6.92 Å². The van der Waals surface area contributed by atoms with Crippen LogP contribution in [0.3, 0.4) is 0 Å².